The van der Waals surface area contributed by atoms with Gasteiger partial charge in [0.05, 0.1) is 0 Å². The molecular weight excluding hydrogens is 134 g/mol. The minimum absolute atomic E-state index is 0.975. The maximum Gasteiger partial charge on any atom is 0.0208 e. The van der Waals surface area contributed by atoms with Gasteiger partial charge >= 0.3 is 0 Å². The van der Waals surface area contributed by atoms with Gasteiger partial charge in [0.2, 0.25) is 0 Å². The van der Waals surface area contributed by atoms with Gasteiger partial charge in [0, 0.05) is 6.54 Å². The summed E-state index contributed by atoms with van der Waals surface area (Å²) < 4.78 is 0. The van der Waals surface area contributed by atoms with E-state index in [1.165, 1.54) is 11.1 Å². The largest absolute Gasteiger partial charge is 0.312 e. The summed E-state index contributed by atoms with van der Waals surface area (Å²) in [5.41, 5.74) is 2.77. The van der Waals surface area contributed by atoms with Gasteiger partial charge in [-0.3, -0.25) is 0 Å². The van der Waals surface area contributed by atoms with E-state index in [1.807, 2.05) is 6.08 Å². The molecule has 1 heteroatoms. The van der Waals surface area contributed by atoms with Crippen molar-refractivity contribution >= 4 is 0 Å². The van der Waals surface area contributed by atoms with Gasteiger partial charge in [0.1, 0.15) is 0 Å². The molecule has 0 radical (unpaired) electrons. The van der Waals surface area contributed by atoms with Crippen LogP contribution in [0.1, 0.15) is 13.3 Å². The monoisotopic (exact) mass is 149 g/mol. The highest BCUT2D eigenvalue weighted by molar-refractivity contribution is 5.34. The molecule has 1 nitrogen and oxygen atoms in total. The smallest absolute Gasteiger partial charge is 0.0208 e. The SMILES string of the molecule is C=CC1=C(/C=C\C)CCNC1. The fourth-order valence-electron chi connectivity index (χ4n) is 1.32. The summed E-state index contributed by atoms with van der Waals surface area (Å²) in [4.78, 5) is 0. The number of hydrogen-bond acceptors (Lipinski definition) is 1. The summed E-state index contributed by atoms with van der Waals surface area (Å²) in [6.45, 7) is 7.91. The number of nitrogens with one attached hydrogen (secondary N) is 1. The topological polar surface area (TPSA) is 12.0 Å². The van der Waals surface area contributed by atoms with Crippen LogP contribution in [0.15, 0.2) is 36.0 Å². The summed E-state index contributed by atoms with van der Waals surface area (Å²) in [5.74, 6) is 0. The van der Waals surface area contributed by atoms with Gasteiger partial charge in [-0.15, -0.1) is 0 Å². The van der Waals surface area contributed by atoms with Gasteiger partial charge in [-0.2, -0.15) is 0 Å². The molecule has 0 unspecified atom stereocenters. The minimum atomic E-state index is 0.975. The Hall–Kier alpha value is -0.820. The lowest BCUT2D eigenvalue weighted by Crippen LogP contribution is -2.23. The standard InChI is InChI=1S/C10H15N/c1-3-5-10-6-7-11-8-9(10)4-2/h3-5,11H,2,6-8H2,1H3/b5-3-. The number of allylic oxidation sites excluding steroid dienone is 2. The molecule has 0 bridgehead atoms. The predicted molar refractivity (Wildman–Crippen MR) is 49.5 cm³/mol. The van der Waals surface area contributed by atoms with Crippen LogP contribution >= 0.6 is 0 Å². The van der Waals surface area contributed by atoms with Crippen molar-refractivity contribution in [1.82, 2.24) is 5.32 Å². The third kappa shape index (κ3) is 2.05. The third-order valence-electron chi connectivity index (χ3n) is 1.91. The Balaban J connectivity index is 2.81. The molecule has 0 aromatic heterocycles. The van der Waals surface area contributed by atoms with Crippen LogP contribution in [0.25, 0.3) is 0 Å². The van der Waals surface area contributed by atoms with Crippen molar-refractivity contribution in [1.29, 1.82) is 0 Å². The zero-order chi connectivity index (χ0) is 8.10. The van der Waals surface area contributed by atoms with Crippen molar-refractivity contribution < 1.29 is 0 Å². The second kappa shape index (κ2) is 4.14. The molecule has 0 fully saturated rings. The van der Waals surface area contributed by atoms with E-state index in [2.05, 4.69) is 31.0 Å². The Bertz CT molecular complexity index is 199. The molecule has 1 N–H and O–H groups in total. The molecule has 0 saturated heterocycles. The van der Waals surface area contributed by atoms with Crippen molar-refractivity contribution in [2.24, 2.45) is 0 Å². The highest BCUT2D eigenvalue weighted by Crippen LogP contribution is 2.14. The van der Waals surface area contributed by atoms with Crippen LogP contribution in [0.2, 0.25) is 0 Å². The Kier molecular flexibility index (Phi) is 3.12. The Morgan fingerprint density at radius 1 is 1.45 bits per heavy atom. The zero-order valence-electron chi connectivity index (χ0n) is 7.06. The van der Waals surface area contributed by atoms with E-state index in [1.54, 1.807) is 0 Å². The number of rotatable bonds is 2. The van der Waals surface area contributed by atoms with Gasteiger partial charge in [-0.1, -0.05) is 24.8 Å². The van der Waals surface area contributed by atoms with Crippen LogP contribution in [-0.4, -0.2) is 13.1 Å². The molecule has 0 spiro atoms. The van der Waals surface area contributed by atoms with Crippen LogP contribution in [0.5, 0.6) is 0 Å². The first-order valence-electron chi connectivity index (χ1n) is 4.06. The molecule has 1 rings (SSSR count). The highest BCUT2D eigenvalue weighted by Gasteiger charge is 2.05. The van der Waals surface area contributed by atoms with Crippen LogP contribution in [0.3, 0.4) is 0 Å². The van der Waals surface area contributed by atoms with Gasteiger partial charge < -0.3 is 5.32 Å². The predicted octanol–water partition coefficient (Wildman–Crippen LogP) is 2.04. The fraction of sp³-hybridized carbons (Fsp3) is 0.400. The summed E-state index contributed by atoms with van der Waals surface area (Å²) in [6.07, 6.45) is 7.34. The second-order valence-corrected chi connectivity index (χ2v) is 2.68. The van der Waals surface area contributed by atoms with Crippen LogP contribution in [-0.2, 0) is 0 Å². The lowest BCUT2D eigenvalue weighted by molar-refractivity contribution is 0.696. The zero-order valence-corrected chi connectivity index (χ0v) is 7.06. The lowest BCUT2D eigenvalue weighted by atomic mass is 10.0. The second-order valence-electron chi connectivity index (χ2n) is 2.68. The normalized spacial score (nSPS) is 19.4. The van der Waals surface area contributed by atoms with E-state index in [4.69, 9.17) is 0 Å². The summed E-state index contributed by atoms with van der Waals surface area (Å²) >= 11 is 0. The molecule has 0 amide bonds. The van der Waals surface area contributed by atoms with E-state index in [0.717, 1.165) is 19.5 Å². The highest BCUT2D eigenvalue weighted by atomic mass is 14.9. The molecule has 60 valence electrons. The molecule has 0 aliphatic carbocycles. The first kappa shape index (κ1) is 8.28. The van der Waals surface area contributed by atoms with E-state index in [9.17, 15) is 0 Å². The molecule has 1 aliphatic rings. The summed E-state index contributed by atoms with van der Waals surface area (Å²) in [6, 6.07) is 0. The Morgan fingerprint density at radius 2 is 2.27 bits per heavy atom. The molecule has 0 atom stereocenters. The first-order chi connectivity index (χ1) is 5.38. The van der Waals surface area contributed by atoms with Gasteiger partial charge in [0.15, 0.2) is 0 Å². The Morgan fingerprint density at radius 3 is 2.91 bits per heavy atom. The maximum absolute atomic E-state index is 3.79. The Labute approximate surface area is 68.5 Å². The average molecular weight is 149 g/mol. The fourth-order valence-corrected chi connectivity index (χ4v) is 1.32. The number of hydrogen-bond donors (Lipinski definition) is 1. The van der Waals surface area contributed by atoms with E-state index < -0.39 is 0 Å². The van der Waals surface area contributed by atoms with E-state index in [0.29, 0.717) is 0 Å². The van der Waals surface area contributed by atoms with Crippen molar-refractivity contribution in [3.8, 4) is 0 Å². The molecule has 0 aromatic rings. The van der Waals surface area contributed by atoms with Crippen LogP contribution in [0, 0.1) is 0 Å². The van der Waals surface area contributed by atoms with Crippen LogP contribution < -0.4 is 5.32 Å². The molecule has 1 heterocycles. The first-order valence-corrected chi connectivity index (χ1v) is 4.06. The van der Waals surface area contributed by atoms with Crippen molar-refractivity contribution in [2.75, 3.05) is 13.1 Å². The van der Waals surface area contributed by atoms with Gasteiger partial charge in [-0.25, -0.2) is 0 Å². The maximum atomic E-state index is 3.79. The van der Waals surface area contributed by atoms with Crippen molar-refractivity contribution in [3.63, 3.8) is 0 Å². The quantitative estimate of drug-likeness (QED) is 0.633. The van der Waals surface area contributed by atoms with Gasteiger partial charge in [-0.05, 0) is 31.0 Å². The van der Waals surface area contributed by atoms with Crippen molar-refractivity contribution in [3.05, 3.63) is 36.0 Å². The van der Waals surface area contributed by atoms with Gasteiger partial charge in [0.25, 0.3) is 0 Å². The van der Waals surface area contributed by atoms with E-state index in [-0.39, 0.29) is 0 Å². The summed E-state index contributed by atoms with van der Waals surface area (Å²) in [5, 5.41) is 3.31. The molecule has 11 heavy (non-hydrogen) atoms. The molecular formula is C10H15N. The molecule has 1 aliphatic heterocycles. The lowest BCUT2D eigenvalue weighted by Gasteiger charge is -2.16. The van der Waals surface area contributed by atoms with E-state index >= 15 is 0 Å². The summed E-state index contributed by atoms with van der Waals surface area (Å²) in [7, 11) is 0. The minimum Gasteiger partial charge on any atom is -0.312 e. The average Bonchev–Trinajstić information content (AvgIpc) is 2.06. The molecule has 0 aromatic carbocycles. The van der Waals surface area contributed by atoms with Crippen LogP contribution in [0.4, 0.5) is 0 Å². The third-order valence-corrected chi connectivity index (χ3v) is 1.91. The molecule has 0 saturated carbocycles. The van der Waals surface area contributed by atoms with Crippen molar-refractivity contribution in [2.45, 2.75) is 13.3 Å².